The molecule has 0 N–H and O–H groups in total. The molecular formula is C12H18N2O2. The molecular weight excluding hydrogens is 204 g/mol. The molecule has 0 bridgehead atoms. The summed E-state index contributed by atoms with van der Waals surface area (Å²) in [5.74, 6) is 0.268. The zero-order chi connectivity index (χ0) is 12.2. The van der Waals surface area contributed by atoms with Crippen molar-refractivity contribution in [1.82, 2.24) is 0 Å². The standard InChI is InChI=1S/C12H18N2O2/c1-11(2)4-5-12(3,14-9-16)6-10(11)7-13-8-15/h10H,4-7H2,1-3H3. The molecule has 4 nitrogen and oxygen atoms in total. The van der Waals surface area contributed by atoms with Crippen LogP contribution < -0.4 is 0 Å². The van der Waals surface area contributed by atoms with Crippen molar-refractivity contribution >= 4 is 12.2 Å². The van der Waals surface area contributed by atoms with Crippen LogP contribution in [0.25, 0.3) is 0 Å². The lowest BCUT2D eigenvalue weighted by Gasteiger charge is -2.44. The molecule has 1 aliphatic rings. The van der Waals surface area contributed by atoms with Crippen LogP contribution in [0.1, 0.15) is 40.0 Å². The average molecular weight is 222 g/mol. The molecule has 88 valence electrons. The predicted molar refractivity (Wildman–Crippen MR) is 60.6 cm³/mol. The highest BCUT2D eigenvalue weighted by molar-refractivity contribution is 5.35. The lowest BCUT2D eigenvalue weighted by Crippen LogP contribution is -2.41. The summed E-state index contributed by atoms with van der Waals surface area (Å²) in [6, 6.07) is 0. The van der Waals surface area contributed by atoms with Gasteiger partial charge in [0.15, 0.2) is 0 Å². The van der Waals surface area contributed by atoms with Crippen LogP contribution in [0, 0.1) is 11.3 Å². The number of hydrogen-bond acceptors (Lipinski definition) is 4. The van der Waals surface area contributed by atoms with Gasteiger partial charge in [0.1, 0.15) is 0 Å². The second-order valence-electron chi connectivity index (χ2n) is 5.52. The molecule has 1 fully saturated rings. The maximum atomic E-state index is 10.4. The van der Waals surface area contributed by atoms with Gasteiger partial charge in [-0.25, -0.2) is 14.6 Å². The van der Waals surface area contributed by atoms with E-state index in [1.807, 2.05) is 6.92 Å². The highest BCUT2D eigenvalue weighted by atomic mass is 16.1. The summed E-state index contributed by atoms with van der Waals surface area (Å²) >= 11 is 0. The minimum absolute atomic E-state index is 0.137. The lowest BCUT2D eigenvalue weighted by molar-refractivity contribution is 0.0955. The maximum absolute atomic E-state index is 10.4. The van der Waals surface area contributed by atoms with Gasteiger partial charge in [-0.05, 0) is 37.5 Å². The SMILES string of the molecule is CC1(N=C=O)CCC(C)(C)C(CN=C=O)C1. The van der Waals surface area contributed by atoms with Crippen LogP contribution in [0.15, 0.2) is 9.98 Å². The first-order chi connectivity index (χ1) is 7.43. The van der Waals surface area contributed by atoms with E-state index < -0.39 is 0 Å². The average Bonchev–Trinajstić information content (AvgIpc) is 2.21. The molecule has 2 unspecified atom stereocenters. The zero-order valence-corrected chi connectivity index (χ0v) is 10.1. The van der Waals surface area contributed by atoms with Crippen molar-refractivity contribution in [1.29, 1.82) is 0 Å². The Hall–Kier alpha value is -1.24. The predicted octanol–water partition coefficient (Wildman–Crippen LogP) is 2.24. The highest BCUT2D eigenvalue weighted by Crippen LogP contribution is 2.46. The molecule has 0 saturated heterocycles. The molecule has 0 heterocycles. The Kier molecular flexibility index (Phi) is 3.79. The molecule has 0 amide bonds. The number of nitrogens with zero attached hydrogens (tertiary/aromatic N) is 2. The molecule has 16 heavy (non-hydrogen) atoms. The Morgan fingerprint density at radius 3 is 2.44 bits per heavy atom. The van der Waals surface area contributed by atoms with Gasteiger partial charge in [0.2, 0.25) is 12.2 Å². The van der Waals surface area contributed by atoms with E-state index in [0.717, 1.165) is 19.3 Å². The van der Waals surface area contributed by atoms with E-state index in [4.69, 9.17) is 0 Å². The van der Waals surface area contributed by atoms with Gasteiger partial charge < -0.3 is 0 Å². The van der Waals surface area contributed by atoms with E-state index in [9.17, 15) is 9.59 Å². The van der Waals surface area contributed by atoms with Gasteiger partial charge in [-0.15, -0.1) is 0 Å². The van der Waals surface area contributed by atoms with Gasteiger partial charge in [-0.2, -0.15) is 4.99 Å². The number of hydrogen-bond donors (Lipinski definition) is 0. The minimum atomic E-state index is -0.333. The first-order valence-electron chi connectivity index (χ1n) is 5.56. The third-order valence-corrected chi connectivity index (χ3v) is 3.79. The number of rotatable bonds is 3. The molecule has 0 aromatic carbocycles. The Labute approximate surface area is 95.9 Å². The topological polar surface area (TPSA) is 58.9 Å². The van der Waals surface area contributed by atoms with Crippen LogP contribution in [0.4, 0.5) is 0 Å². The van der Waals surface area contributed by atoms with E-state index in [0.29, 0.717) is 6.54 Å². The third kappa shape index (κ3) is 2.88. The van der Waals surface area contributed by atoms with Crippen LogP contribution >= 0.6 is 0 Å². The fourth-order valence-corrected chi connectivity index (χ4v) is 2.38. The van der Waals surface area contributed by atoms with Gasteiger partial charge in [-0.3, -0.25) is 0 Å². The van der Waals surface area contributed by atoms with Crippen molar-refractivity contribution < 1.29 is 9.59 Å². The lowest BCUT2D eigenvalue weighted by atomic mass is 9.63. The van der Waals surface area contributed by atoms with Crippen molar-refractivity contribution in [2.75, 3.05) is 6.54 Å². The van der Waals surface area contributed by atoms with Crippen molar-refractivity contribution in [3.63, 3.8) is 0 Å². The van der Waals surface area contributed by atoms with Gasteiger partial charge in [0, 0.05) is 0 Å². The Balaban J connectivity index is 2.84. The summed E-state index contributed by atoms with van der Waals surface area (Å²) in [6.45, 7) is 6.77. The summed E-state index contributed by atoms with van der Waals surface area (Å²) < 4.78 is 0. The molecule has 2 atom stereocenters. The summed E-state index contributed by atoms with van der Waals surface area (Å²) in [6.07, 6.45) is 5.87. The quantitative estimate of drug-likeness (QED) is 0.543. The number of isocyanates is 2. The molecule has 0 radical (unpaired) electrons. The van der Waals surface area contributed by atoms with Crippen LogP contribution in [-0.4, -0.2) is 24.2 Å². The highest BCUT2D eigenvalue weighted by Gasteiger charge is 2.42. The maximum Gasteiger partial charge on any atom is 0.235 e. The van der Waals surface area contributed by atoms with Gasteiger partial charge in [-0.1, -0.05) is 13.8 Å². The third-order valence-electron chi connectivity index (χ3n) is 3.79. The van der Waals surface area contributed by atoms with E-state index in [1.165, 1.54) is 0 Å². The Bertz CT molecular complexity index is 352. The van der Waals surface area contributed by atoms with Crippen LogP contribution in [-0.2, 0) is 9.59 Å². The Morgan fingerprint density at radius 1 is 1.19 bits per heavy atom. The second kappa shape index (κ2) is 4.73. The molecule has 0 aromatic rings. The van der Waals surface area contributed by atoms with Gasteiger partial charge in [0.05, 0.1) is 12.1 Å². The van der Waals surface area contributed by atoms with Crippen molar-refractivity contribution in [3.05, 3.63) is 0 Å². The summed E-state index contributed by atoms with van der Waals surface area (Å²) in [5, 5.41) is 0. The van der Waals surface area contributed by atoms with Crippen LogP contribution in [0.5, 0.6) is 0 Å². The van der Waals surface area contributed by atoms with Gasteiger partial charge in [0.25, 0.3) is 0 Å². The fourth-order valence-electron chi connectivity index (χ4n) is 2.38. The van der Waals surface area contributed by atoms with E-state index in [1.54, 1.807) is 12.2 Å². The van der Waals surface area contributed by atoms with Crippen molar-refractivity contribution in [2.45, 2.75) is 45.6 Å². The molecule has 4 heteroatoms. The molecule has 0 aromatic heterocycles. The molecule has 0 spiro atoms. The molecule has 1 aliphatic carbocycles. The molecule has 1 saturated carbocycles. The normalized spacial score (nSPS) is 32.3. The van der Waals surface area contributed by atoms with Gasteiger partial charge >= 0.3 is 0 Å². The fraction of sp³-hybridized carbons (Fsp3) is 0.833. The van der Waals surface area contributed by atoms with Crippen molar-refractivity contribution in [3.8, 4) is 0 Å². The first-order valence-corrected chi connectivity index (χ1v) is 5.56. The smallest absolute Gasteiger partial charge is 0.211 e. The van der Waals surface area contributed by atoms with E-state index in [2.05, 4.69) is 23.8 Å². The summed E-state index contributed by atoms with van der Waals surface area (Å²) in [5.41, 5.74) is -0.196. The Morgan fingerprint density at radius 2 is 1.88 bits per heavy atom. The van der Waals surface area contributed by atoms with Crippen molar-refractivity contribution in [2.24, 2.45) is 21.3 Å². The number of aliphatic imine (C=N–C) groups is 2. The largest absolute Gasteiger partial charge is 0.235 e. The monoisotopic (exact) mass is 222 g/mol. The summed E-state index contributed by atoms with van der Waals surface area (Å²) in [7, 11) is 0. The first kappa shape index (κ1) is 12.8. The number of carbonyl (C=O) groups excluding carboxylic acids is 2. The zero-order valence-electron chi connectivity index (χ0n) is 10.1. The van der Waals surface area contributed by atoms with Crippen LogP contribution in [0.3, 0.4) is 0 Å². The summed E-state index contributed by atoms with van der Waals surface area (Å²) in [4.78, 5) is 28.1. The second-order valence-corrected chi connectivity index (χ2v) is 5.52. The van der Waals surface area contributed by atoms with Crippen LogP contribution in [0.2, 0.25) is 0 Å². The minimum Gasteiger partial charge on any atom is -0.211 e. The van der Waals surface area contributed by atoms with E-state index >= 15 is 0 Å². The van der Waals surface area contributed by atoms with E-state index in [-0.39, 0.29) is 16.9 Å². The molecule has 1 rings (SSSR count). The molecule has 0 aliphatic heterocycles.